The Morgan fingerprint density at radius 3 is 2.91 bits per heavy atom. The van der Waals surface area contributed by atoms with E-state index in [0.29, 0.717) is 11.5 Å². The van der Waals surface area contributed by atoms with Crippen molar-refractivity contribution in [3.8, 4) is 0 Å². The molecule has 1 aromatic heterocycles. The van der Waals surface area contributed by atoms with Crippen molar-refractivity contribution < 1.29 is 0 Å². The van der Waals surface area contributed by atoms with E-state index >= 15 is 0 Å². The Labute approximate surface area is 71.7 Å². The van der Waals surface area contributed by atoms with Gasteiger partial charge in [-0.1, -0.05) is 0 Å². The summed E-state index contributed by atoms with van der Waals surface area (Å²) in [5.41, 5.74) is -0.453. The number of nitrogens with zero attached hydrogens (tertiary/aromatic N) is 1. The van der Waals surface area contributed by atoms with Crippen LogP contribution in [0.3, 0.4) is 0 Å². The quantitative estimate of drug-likeness (QED) is 0.550. The van der Waals surface area contributed by atoms with Gasteiger partial charge in [0.25, 0.3) is 0 Å². The first-order chi connectivity index (χ1) is 5.27. The number of anilines is 1. The summed E-state index contributed by atoms with van der Waals surface area (Å²) in [7, 11) is 0. The molecule has 0 unspecified atom stereocenters. The number of hydrogen-bond acceptors (Lipinski definition) is 4. The Morgan fingerprint density at radius 1 is 1.27 bits per heavy atom. The third-order valence-corrected chi connectivity index (χ3v) is 3.62. The van der Waals surface area contributed by atoms with Crippen molar-refractivity contribution >= 4 is 34.5 Å². The molecule has 0 bridgehead atoms. The van der Waals surface area contributed by atoms with Gasteiger partial charge in [0.15, 0.2) is 0 Å². The van der Waals surface area contributed by atoms with Crippen molar-refractivity contribution in [1.82, 2.24) is 9.97 Å². The predicted molar refractivity (Wildman–Crippen MR) is 39.1 cm³/mol. The van der Waals surface area contributed by atoms with Crippen molar-refractivity contribution in [3.05, 3.63) is 20.8 Å². The number of nitrogens with one attached hydrogen (secondary N) is 3. The molecule has 0 radical (unpaired) electrons. The van der Waals surface area contributed by atoms with Crippen LogP contribution < -0.4 is 14.6 Å². The van der Waals surface area contributed by atoms with Crippen molar-refractivity contribution in [2.75, 3.05) is 3.30 Å². The number of hydrogen-bond donors (Lipinski definition) is 3. The third-order valence-electron chi connectivity index (χ3n) is 1.33. The molecule has 1 aliphatic rings. The Kier molecular flexibility index (Phi) is 1.45. The molecule has 6 nitrogen and oxygen atoms in total. The van der Waals surface area contributed by atoms with Crippen LogP contribution in [0.25, 0.3) is 0 Å². The fourth-order valence-corrected chi connectivity index (χ4v) is 3.10. The van der Waals surface area contributed by atoms with Crippen LogP contribution in [0.2, 0.25) is 0 Å². The van der Waals surface area contributed by atoms with Crippen LogP contribution in [0.4, 0.5) is 11.5 Å². The molecule has 1 aliphatic heterocycles. The van der Waals surface area contributed by atoms with E-state index in [2.05, 4.69) is 16.2 Å². The van der Waals surface area contributed by atoms with Crippen LogP contribution >= 0.6 is 0 Å². The molecule has 3 N–H and O–H groups in total. The monoisotopic (exact) mass is 254 g/mol. The van der Waals surface area contributed by atoms with Gasteiger partial charge in [0, 0.05) is 0 Å². The second kappa shape index (κ2) is 2.33. The molecule has 0 aliphatic carbocycles. The number of aromatic nitrogens is 2. The first-order valence-corrected chi connectivity index (χ1v) is 6.05. The summed E-state index contributed by atoms with van der Waals surface area (Å²) in [4.78, 5) is 26.2. The minimum absolute atomic E-state index is 0.378. The van der Waals surface area contributed by atoms with E-state index in [0.717, 1.165) is 0 Å². The zero-order chi connectivity index (χ0) is 7.84. The van der Waals surface area contributed by atoms with Crippen molar-refractivity contribution in [2.24, 2.45) is 2.92 Å². The Balaban J connectivity index is 2.87. The fraction of sp³-hybridized carbons (Fsp3) is 0. The maximum absolute atomic E-state index is 11.0. The van der Waals surface area contributed by atoms with Crippen molar-refractivity contribution in [3.63, 3.8) is 0 Å². The van der Waals surface area contributed by atoms with E-state index < -0.39 is 28.7 Å². The van der Waals surface area contributed by atoms with Gasteiger partial charge in [0.1, 0.15) is 0 Å². The number of aromatic amines is 2. The average Bonchev–Trinajstić information content (AvgIpc) is 2.34. The van der Waals surface area contributed by atoms with Crippen molar-refractivity contribution in [2.45, 2.75) is 0 Å². The molecule has 1 aromatic rings. The Bertz CT molecular complexity index is 430. The first-order valence-electron chi connectivity index (χ1n) is 2.93. The van der Waals surface area contributed by atoms with Gasteiger partial charge in [-0.05, 0) is 0 Å². The summed E-state index contributed by atoms with van der Waals surface area (Å²) in [5, 5.41) is 0. The fourth-order valence-electron chi connectivity index (χ4n) is 0.867. The summed E-state index contributed by atoms with van der Waals surface area (Å²) in [5.74, 6) is 0.417. The van der Waals surface area contributed by atoms with Gasteiger partial charge >= 0.3 is 71.6 Å². The molecule has 0 aromatic carbocycles. The number of H-pyrrole nitrogens is 2. The average molecular weight is 254 g/mol. The predicted octanol–water partition coefficient (Wildman–Crippen LogP) is -1.08. The van der Waals surface area contributed by atoms with Gasteiger partial charge in [-0.15, -0.1) is 0 Å². The molecule has 0 saturated carbocycles. The molecule has 0 atom stereocenters. The van der Waals surface area contributed by atoms with Gasteiger partial charge < -0.3 is 0 Å². The third kappa shape index (κ3) is 1.05. The second-order valence-corrected chi connectivity index (χ2v) is 4.33. The molecule has 0 fully saturated rings. The summed E-state index contributed by atoms with van der Waals surface area (Å²) < 4.78 is 6.93. The maximum atomic E-state index is 11.0. The molecular formula is C4H3InN4O2. The van der Waals surface area contributed by atoms with Gasteiger partial charge in [-0.25, -0.2) is 0 Å². The van der Waals surface area contributed by atoms with E-state index in [9.17, 15) is 9.59 Å². The van der Waals surface area contributed by atoms with Gasteiger partial charge in [-0.2, -0.15) is 0 Å². The summed E-state index contributed by atoms with van der Waals surface area (Å²) in [6.07, 6.45) is 0. The first kappa shape index (κ1) is 6.84. The molecule has 2 rings (SSSR count). The van der Waals surface area contributed by atoms with E-state index in [1.165, 1.54) is 0 Å². The van der Waals surface area contributed by atoms with E-state index in [4.69, 9.17) is 0 Å². The second-order valence-electron chi connectivity index (χ2n) is 2.03. The number of fused-ring (bicyclic) bond motifs is 1. The van der Waals surface area contributed by atoms with Crippen LogP contribution in [0.5, 0.6) is 0 Å². The summed E-state index contributed by atoms with van der Waals surface area (Å²) in [6.45, 7) is 0. The zero-order valence-electron chi connectivity index (χ0n) is 5.34. The Hall–Kier alpha value is -0.850. The topological polar surface area (TPSA) is 90.1 Å². The van der Waals surface area contributed by atoms with Crippen LogP contribution in [0, 0.1) is 0 Å². The van der Waals surface area contributed by atoms with Crippen LogP contribution in [0.1, 0.15) is 0 Å². The molecule has 11 heavy (non-hydrogen) atoms. The molecule has 0 spiro atoms. The van der Waals surface area contributed by atoms with Crippen molar-refractivity contribution in [1.29, 1.82) is 0 Å². The van der Waals surface area contributed by atoms with Gasteiger partial charge in [0.2, 0.25) is 0 Å². The minimum atomic E-state index is -1.17. The van der Waals surface area contributed by atoms with Crippen LogP contribution in [-0.4, -0.2) is 33.0 Å². The van der Waals surface area contributed by atoms with Crippen LogP contribution in [0.15, 0.2) is 12.5 Å². The number of rotatable bonds is 0. The Morgan fingerprint density at radius 2 is 2.09 bits per heavy atom. The molecule has 2 heterocycles. The SMILES string of the molecule is O=c1[nH]c2c(c(=O)[nH]1)[NH][In]=[N]2. The molecule has 7 heteroatoms. The van der Waals surface area contributed by atoms with Gasteiger partial charge in [0.05, 0.1) is 0 Å². The summed E-state index contributed by atoms with van der Waals surface area (Å²) >= 11 is -1.17. The molecule has 54 valence electrons. The molecule has 0 amide bonds. The van der Waals surface area contributed by atoms with E-state index in [1.807, 2.05) is 0 Å². The zero-order valence-corrected chi connectivity index (χ0v) is 8.64. The molecular weight excluding hydrogens is 251 g/mol. The normalized spacial score (nSPS) is 12.0. The van der Waals surface area contributed by atoms with E-state index in [-0.39, 0.29) is 5.56 Å². The molecule has 0 saturated heterocycles. The standard InChI is InChI=1S/C4H3N4O2.In/c5-1-2(6)7-4(10)8-3(1)9;/h5H,(H2,7,8,9,10);/q-1;+1. The summed E-state index contributed by atoms with van der Waals surface area (Å²) in [6, 6.07) is 0. The van der Waals surface area contributed by atoms with E-state index in [1.54, 1.807) is 0 Å². The van der Waals surface area contributed by atoms with Gasteiger partial charge in [-0.3, -0.25) is 0 Å². The van der Waals surface area contributed by atoms with Crippen LogP contribution in [-0.2, 0) is 0 Å².